The molecule has 0 aromatic carbocycles. The zero-order chi connectivity index (χ0) is 22.1. The zero-order valence-corrected chi connectivity index (χ0v) is 17.7. The van der Waals surface area contributed by atoms with Crippen molar-refractivity contribution in [2.75, 3.05) is 18.0 Å². The van der Waals surface area contributed by atoms with Gasteiger partial charge < -0.3 is 14.6 Å². The van der Waals surface area contributed by atoms with Crippen LogP contribution >= 0.6 is 0 Å². The third kappa shape index (κ3) is 4.57. The van der Waals surface area contributed by atoms with Crippen LogP contribution < -0.4 is 4.90 Å². The van der Waals surface area contributed by atoms with E-state index in [1.54, 1.807) is 6.20 Å². The Balaban J connectivity index is 1.23. The van der Waals surface area contributed by atoms with E-state index in [9.17, 15) is 13.2 Å². The molecule has 0 spiro atoms. The number of anilines is 1. The van der Waals surface area contributed by atoms with Crippen LogP contribution in [0.4, 0.5) is 19.0 Å². The fourth-order valence-corrected chi connectivity index (χ4v) is 4.59. The Kier molecular flexibility index (Phi) is 5.75. The quantitative estimate of drug-likeness (QED) is 0.586. The van der Waals surface area contributed by atoms with Crippen LogP contribution in [-0.2, 0) is 10.9 Å². The van der Waals surface area contributed by atoms with E-state index in [-0.39, 0.29) is 5.65 Å². The molecule has 170 valence electrons. The first-order chi connectivity index (χ1) is 15.5. The van der Waals surface area contributed by atoms with Crippen molar-refractivity contribution in [3.8, 4) is 11.4 Å². The highest BCUT2D eigenvalue weighted by Gasteiger charge is 2.33. The number of H-pyrrole nitrogens is 1. The molecule has 2 fully saturated rings. The summed E-state index contributed by atoms with van der Waals surface area (Å²) in [7, 11) is 0. The molecule has 2 aliphatic rings. The Morgan fingerprint density at radius 3 is 2.34 bits per heavy atom. The molecule has 32 heavy (non-hydrogen) atoms. The van der Waals surface area contributed by atoms with Crippen LogP contribution in [0.3, 0.4) is 0 Å². The van der Waals surface area contributed by atoms with Gasteiger partial charge in [-0.2, -0.15) is 13.2 Å². The second kappa shape index (κ2) is 8.69. The number of fused-ring (bicyclic) bond motifs is 1. The van der Waals surface area contributed by atoms with E-state index in [0.717, 1.165) is 37.8 Å². The summed E-state index contributed by atoms with van der Waals surface area (Å²) in [5.74, 6) is 1.34. The molecule has 0 atom stereocenters. The summed E-state index contributed by atoms with van der Waals surface area (Å²) >= 11 is 0. The highest BCUT2D eigenvalue weighted by atomic mass is 19.4. The van der Waals surface area contributed by atoms with Gasteiger partial charge in [-0.15, -0.1) is 0 Å². The van der Waals surface area contributed by atoms with E-state index >= 15 is 0 Å². The predicted octanol–water partition coefficient (Wildman–Crippen LogP) is 5.36. The molecular formula is C23H26F3N5O. The number of rotatable bonds is 4. The van der Waals surface area contributed by atoms with E-state index in [2.05, 4.69) is 24.8 Å². The molecule has 0 amide bonds. The van der Waals surface area contributed by atoms with E-state index in [4.69, 9.17) is 4.74 Å². The van der Waals surface area contributed by atoms with Crippen molar-refractivity contribution in [1.29, 1.82) is 0 Å². The van der Waals surface area contributed by atoms with E-state index in [1.165, 1.54) is 38.2 Å². The van der Waals surface area contributed by atoms with Gasteiger partial charge in [0.1, 0.15) is 17.3 Å². The van der Waals surface area contributed by atoms with Gasteiger partial charge in [0.2, 0.25) is 0 Å². The lowest BCUT2D eigenvalue weighted by atomic mass is 9.97. The van der Waals surface area contributed by atoms with Gasteiger partial charge in [0, 0.05) is 24.8 Å². The third-order valence-electron chi connectivity index (χ3n) is 6.36. The van der Waals surface area contributed by atoms with Gasteiger partial charge in [0.15, 0.2) is 5.65 Å². The van der Waals surface area contributed by atoms with Crippen LogP contribution in [0, 0.1) is 0 Å². The Bertz CT molecular complexity index is 1050. The normalized spacial score (nSPS) is 19.0. The lowest BCUT2D eigenvalue weighted by molar-refractivity contribution is -0.141. The van der Waals surface area contributed by atoms with Gasteiger partial charge in [-0.1, -0.05) is 19.3 Å². The first kappa shape index (κ1) is 21.2. The fourth-order valence-electron chi connectivity index (χ4n) is 4.59. The lowest BCUT2D eigenvalue weighted by Crippen LogP contribution is -2.39. The molecule has 4 heterocycles. The molecule has 0 radical (unpaired) electrons. The minimum absolute atomic E-state index is 0.0407. The van der Waals surface area contributed by atoms with Gasteiger partial charge >= 0.3 is 6.18 Å². The number of halogens is 3. The Morgan fingerprint density at radius 1 is 0.906 bits per heavy atom. The number of ether oxygens (including phenoxy) is 1. The molecule has 5 rings (SSSR count). The van der Waals surface area contributed by atoms with Gasteiger partial charge in [-0.05, 0) is 49.9 Å². The van der Waals surface area contributed by atoms with Crippen LogP contribution in [0.5, 0.6) is 0 Å². The van der Waals surface area contributed by atoms with Crippen molar-refractivity contribution in [1.82, 2.24) is 19.9 Å². The van der Waals surface area contributed by atoms with Gasteiger partial charge in [-0.3, -0.25) is 0 Å². The van der Waals surface area contributed by atoms with Crippen molar-refractivity contribution in [2.45, 2.75) is 63.3 Å². The predicted molar refractivity (Wildman–Crippen MR) is 115 cm³/mol. The summed E-state index contributed by atoms with van der Waals surface area (Å²) < 4.78 is 45.0. The smallest absolute Gasteiger partial charge is 0.375 e. The number of pyridine rings is 2. The van der Waals surface area contributed by atoms with Crippen LogP contribution in [0.15, 0.2) is 30.5 Å². The molecular weight excluding hydrogens is 419 g/mol. The monoisotopic (exact) mass is 445 g/mol. The molecule has 6 nitrogen and oxygen atoms in total. The van der Waals surface area contributed by atoms with Crippen LogP contribution in [0.1, 0.15) is 50.6 Å². The first-order valence-electron chi connectivity index (χ1n) is 11.3. The average Bonchev–Trinajstić information content (AvgIpc) is 3.23. The summed E-state index contributed by atoms with van der Waals surface area (Å²) in [5.41, 5.74) is 0.249. The number of hydrogen-bond acceptors (Lipinski definition) is 5. The number of aromatic nitrogens is 4. The summed E-state index contributed by atoms with van der Waals surface area (Å²) in [6, 6.07) is 6.12. The summed E-state index contributed by atoms with van der Waals surface area (Å²) in [6.07, 6.45) is 6.24. The van der Waals surface area contributed by atoms with Gasteiger partial charge in [0.25, 0.3) is 0 Å². The average molecular weight is 445 g/mol. The van der Waals surface area contributed by atoms with Crippen molar-refractivity contribution in [3.05, 3.63) is 36.2 Å². The summed E-state index contributed by atoms with van der Waals surface area (Å²) in [5, 5.41) is 0. The molecule has 1 N–H and O–H groups in total. The van der Waals surface area contributed by atoms with Crippen LogP contribution in [-0.4, -0.2) is 45.2 Å². The molecule has 1 aliphatic carbocycles. The van der Waals surface area contributed by atoms with E-state index < -0.39 is 11.9 Å². The highest BCUT2D eigenvalue weighted by Crippen LogP contribution is 2.30. The second-order valence-electron chi connectivity index (χ2n) is 8.64. The van der Waals surface area contributed by atoms with Crippen molar-refractivity contribution < 1.29 is 17.9 Å². The van der Waals surface area contributed by atoms with E-state index in [0.29, 0.717) is 29.1 Å². The minimum Gasteiger partial charge on any atom is -0.375 e. The number of aromatic amines is 1. The molecule has 3 aromatic heterocycles. The fraction of sp³-hybridized carbons (Fsp3) is 0.522. The Hall–Kier alpha value is -2.68. The number of alkyl halides is 3. The van der Waals surface area contributed by atoms with Gasteiger partial charge in [-0.25, -0.2) is 15.0 Å². The molecule has 1 aliphatic heterocycles. The molecule has 0 bridgehead atoms. The minimum atomic E-state index is -4.49. The maximum atomic E-state index is 12.9. The molecule has 0 unspecified atom stereocenters. The maximum Gasteiger partial charge on any atom is 0.433 e. The number of hydrogen-bond donors (Lipinski definition) is 1. The summed E-state index contributed by atoms with van der Waals surface area (Å²) in [6.45, 7) is 1.80. The standard InChI is InChI=1S/C23H26F3N5O/c24-23(25,26)19-8-7-18-22(29-19)30-21(28-18)15-6-9-20(27-14-15)31-12-10-17(11-13-31)32-16-4-2-1-3-5-16/h6-9,14,16-17H,1-5,10-13H2,(H,28,29,30). The topological polar surface area (TPSA) is 66.9 Å². The Labute approximate surface area is 184 Å². The molecule has 1 saturated carbocycles. The van der Waals surface area contributed by atoms with Crippen molar-refractivity contribution >= 4 is 17.0 Å². The maximum absolute atomic E-state index is 12.9. The lowest BCUT2D eigenvalue weighted by Gasteiger charge is -2.35. The first-order valence-corrected chi connectivity index (χ1v) is 11.3. The van der Waals surface area contributed by atoms with E-state index in [1.807, 2.05) is 12.1 Å². The Morgan fingerprint density at radius 2 is 1.66 bits per heavy atom. The zero-order valence-electron chi connectivity index (χ0n) is 17.7. The second-order valence-corrected chi connectivity index (χ2v) is 8.64. The number of imidazole rings is 1. The number of nitrogens with zero attached hydrogens (tertiary/aromatic N) is 4. The third-order valence-corrected chi connectivity index (χ3v) is 6.36. The molecule has 3 aromatic rings. The number of piperidine rings is 1. The number of nitrogens with one attached hydrogen (secondary N) is 1. The summed E-state index contributed by atoms with van der Waals surface area (Å²) in [4.78, 5) is 17.7. The molecule has 1 saturated heterocycles. The van der Waals surface area contributed by atoms with Crippen LogP contribution in [0.2, 0.25) is 0 Å². The van der Waals surface area contributed by atoms with Gasteiger partial charge in [0.05, 0.1) is 17.7 Å². The van der Waals surface area contributed by atoms with Crippen molar-refractivity contribution in [2.24, 2.45) is 0 Å². The SMILES string of the molecule is FC(F)(F)c1ccc2[nH]c(-c3ccc(N4CCC(OC5CCCCC5)CC4)nc3)nc2n1. The molecule has 9 heteroatoms. The largest absolute Gasteiger partial charge is 0.433 e. The highest BCUT2D eigenvalue weighted by molar-refractivity contribution is 5.76. The van der Waals surface area contributed by atoms with Crippen molar-refractivity contribution in [3.63, 3.8) is 0 Å². The van der Waals surface area contributed by atoms with Crippen LogP contribution in [0.25, 0.3) is 22.6 Å².